The average molecular weight is 416 g/mol. The van der Waals surface area contributed by atoms with Crippen molar-refractivity contribution in [2.24, 2.45) is 16.8 Å². The van der Waals surface area contributed by atoms with Gasteiger partial charge in [0.25, 0.3) is 0 Å². The van der Waals surface area contributed by atoms with E-state index < -0.39 is 0 Å². The molecule has 2 atom stereocenters. The SMILES string of the molecule is CCNC(=NCc1cccc(NC(=O)C(C)CC)c1)NC1CCN(C(=O)C(C)C)C1. The quantitative estimate of drug-likeness (QED) is 0.450. The number of anilines is 1. The smallest absolute Gasteiger partial charge is 0.227 e. The van der Waals surface area contributed by atoms with E-state index in [0.29, 0.717) is 13.1 Å². The van der Waals surface area contributed by atoms with E-state index in [4.69, 9.17) is 4.99 Å². The molecule has 1 heterocycles. The fourth-order valence-corrected chi connectivity index (χ4v) is 3.33. The van der Waals surface area contributed by atoms with Crippen molar-refractivity contribution in [3.05, 3.63) is 29.8 Å². The number of benzene rings is 1. The first-order chi connectivity index (χ1) is 14.3. The molecule has 2 unspecified atom stereocenters. The maximum Gasteiger partial charge on any atom is 0.227 e. The topological polar surface area (TPSA) is 85.8 Å². The Bertz CT molecular complexity index is 747. The highest BCUT2D eigenvalue weighted by atomic mass is 16.2. The Morgan fingerprint density at radius 3 is 2.67 bits per heavy atom. The molecule has 30 heavy (non-hydrogen) atoms. The molecule has 0 radical (unpaired) electrons. The summed E-state index contributed by atoms with van der Waals surface area (Å²) in [6.45, 7) is 12.6. The Labute approximate surface area is 180 Å². The summed E-state index contributed by atoms with van der Waals surface area (Å²) in [4.78, 5) is 31.0. The summed E-state index contributed by atoms with van der Waals surface area (Å²) in [6.07, 6.45) is 1.73. The van der Waals surface area contributed by atoms with Crippen molar-refractivity contribution in [3.63, 3.8) is 0 Å². The predicted octanol–water partition coefficient (Wildman–Crippen LogP) is 2.98. The molecule has 1 aliphatic rings. The molecule has 1 aromatic carbocycles. The zero-order valence-electron chi connectivity index (χ0n) is 19.0. The van der Waals surface area contributed by atoms with Crippen LogP contribution in [0.1, 0.15) is 53.0 Å². The fourth-order valence-electron chi connectivity index (χ4n) is 3.33. The van der Waals surface area contributed by atoms with E-state index in [1.807, 2.05) is 63.8 Å². The van der Waals surface area contributed by atoms with Gasteiger partial charge in [0.1, 0.15) is 0 Å². The van der Waals surface area contributed by atoms with Crippen molar-refractivity contribution in [1.29, 1.82) is 0 Å². The van der Waals surface area contributed by atoms with E-state index in [0.717, 1.165) is 43.1 Å². The second-order valence-corrected chi connectivity index (χ2v) is 8.26. The fraction of sp³-hybridized carbons (Fsp3) is 0.609. The molecule has 0 bridgehead atoms. The zero-order chi connectivity index (χ0) is 22.1. The number of rotatable bonds is 8. The third-order valence-corrected chi connectivity index (χ3v) is 5.35. The van der Waals surface area contributed by atoms with Gasteiger partial charge in [0, 0.05) is 43.2 Å². The van der Waals surface area contributed by atoms with Gasteiger partial charge in [-0.15, -0.1) is 0 Å². The Morgan fingerprint density at radius 2 is 2.00 bits per heavy atom. The molecule has 0 aromatic heterocycles. The number of likely N-dealkylation sites (tertiary alicyclic amines) is 1. The summed E-state index contributed by atoms with van der Waals surface area (Å²) in [7, 11) is 0. The lowest BCUT2D eigenvalue weighted by molar-refractivity contribution is -0.133. The minimum atomic E-state index is -0.00946. The Balaban J connectivity index is 1.97. The minimum absolute atomic E-state index is 0.00946. The average Bonchev–Trinajstić information content (AvgIpc) is 3.19. The number of guanidine groups is 1. The van der Waals surface area contributed by atoms with Crippen LogP contribution < -0.4 is 16.0 Å². The first-order valence-electron chi connectivity index (χ1n) is 11.1. The standard InChI is InChI=1S/C23H37N5O2/c1-6-17(5)21(29)26-19-10-8-9-18(13-19)14-25-23(24-7-2)27-20-11-12-28(15-20)22(30)16(3)4/h8-10,13,16-17,20H,6-7,11-12,14-15H2,1-5H3,(H,26,29)(H2,24,25,27). The van der Waals surface area contributed by atoms with Crippen molar-refractivity contribution in [2.75, 3.05) is 25.0 Å². The molecule has 0 spiro atoms. The lowest BCUT2D eigenvalue weighted by Gasteiger charge is -2.20. The maximum absolute atomic E-state index is 12.2. The van der Waals surface area contributed by atoms with Crippen molar-refractivity contribution < 1.29 is 9.59 Å². The number of amides is 2. The number of hydrogen-bond donors (Lipinski definition) is 3. The summed E-state index contributed by atoms with van der Waals surface area (Å²) in [5, 5.41) is 9.71. The molecule has 7 heteroatoms. The molecule has 0 aliphatic carbocycles. The molecule has 1 saturated heterocycles. The van der Waals surface area contributed by atoms with Gasteiger partial charge in [0.05, 0.1) is 6.54 Å². The molecule has 7 nitrogen and oxygen atoms in total. The van der Waals surface area contributed by atoms with Gasteiger partial charge in [-0.3, -0.25) is 9.59 Å². The molecule has 3 N–H and O–H groups in total. The van der Waals surface area contributed by atoms with Crippen LogP contribution in [0, 0.1) is 11.8 Å². The van der Waals surface area contributed by atoms with Gasteiger partial charge in [-0.25, -0.2) is 4.99 Å². The Kier molecular flexibility index (Phi) is 9.15. The van der Waals surface area contributed by atoms with Crippen LogP contribution in [0.25, 0.3) is 0 Å². The predicted molar refractivity (Wildman–Crippen MR) is 122 cm³/mol. The minimum Gasteiger partial charge on any atom is -0.357 e. The monoisotopic (exact) mass is 415 g/mol. The van der Waals surface area contributed by atoms with Gasteiger partial charge in [0.2, 0.25) is 11.8 Å². The van der Waals surface area contributed by atoms with E-state index in [1.165, 1.54) is 0 Å². The molecule has 2 rings (SSSR count). The van der Waals surface area contributed by atoms with Gasteiger partial charge in [0.15, 0.2) is 5.96 Å². The van der Waals surface area contributed by atoms with Crippen molar-refractivity contribution in [1.82, 2.24) is 15.5 Å². The second kappa shape index (κ2) is 11.6. The lowest BCUT2D eigenvalue weighted by atomic mass is 10.1. The van der Waals surface area contributed by atoms with Gasteiger partial charge < -0.3 is 20.9 Å². The number of carbonyl (C=O) groups is 2. The van der Waals surface area contributed by atoms with Crippen molar-refractivity contribution in [2.45, 2.75) is 60.0 Å². The number of aliphatic imine (C=N–C) groups is 1. The Morgan fingerprint density at radius 1 is 1.23 bits per heavy atom. The van der Waals surface area contributed by atoms with Crippen LogP contribution >= 0.6 is 0 Å². The van der Waals surface area contributed by atoms with E-state index >= 15 is 0 Å². The number of carbonyl (C=O) groups excluding carboxylic acids is 2. The highest BCUT2D eigenvalue weighted by Gasteiger charge is 2.27. The molecule has 1 fully saturated rings. The zero-order valence-corrected chi connectivity index (χ0v) is 19.0. The van der Waals surface area contributed by atoms with Crippen LogP contribution in [0.5, 0.6) is 0 Å². The van der Waals surface area contributed by atoms with Crippen molar-refractivity contribution >= 4 is 23.5 Å². The molecule has 0 saturated carbocycles. The summed E-state index contributed by atoms with van der Waals surface area (Å²) >= 11 is 0. The molecule has 2 amide bonds. The molecular formula is C23H37N5O2. The summed E-state index contributed by atoms with van der Waals surface area (Å²) < 4.78 is 0. The van der Waals surface area contributed by atoms with Gasteiger partial charge >= 0.3 is 0 Å². The normalized spacial score (nSPS) is 17.7. The molecule has 166 valence electrons. The van der Waals surface area contributed by atoms with Gasteiger partial charge in [-0.05, 0) is 37.5 Å². The summed E-state index contributed by atoms with van der Waals surface area (Å²) in [6, 6.07) is 8.00. The van der Waals surface area contributed by atoms with Crippen molar-refractivity contribution in [3.8, 4) is 0 Å². The third-order valence-electron chi connectivity index (χ3n) is 5.35. The number of nitrogens with zero attached hydrogens (tertiary/aromatic N) is 2. The maximum atomic E-state index is 12.2. The first-order valence-corrected chi connectivity index (χ1v) is 11.1. The third kappa shape index (κ3) is 7.04. The van der Waals surface area contributed by atoms with Crippen LogP contribution in [0.2, 0.25) is 0 Å². The second-order valence-electron chi connectivity index (χ2n) is 8.26. The molecular weight excluding hydrogens is 378 g/mol. The van der Waals surface area contributed by atoms with Crippen LogP contribution in [0.15, 0.2) is 29.3 Å². The first kappa shape index (κ1) is 23.7. The van der Waals surface area contributed by atoms with Crippen LogP contribution in [0.3, 0.4) is 0 Å². The Hall–Kier alpha value is -2.57. The van der Waals surface area contributed by atoms with Gasteiger partial charge in [-0.1, -0.05) is 39.8 Å². The molecule has 1 aliphatic heterocycles. The molecule has 1 aromatic rings. The summed E-state index contributed by atoms with van der Waals surface area (Å²) in [5.41, 5.74) is 1.82. The van der Waals surface area contributed by atoms with E-state index in [-0.39, 0.29) is 29.7 Å². The van der Waals surface area contributed by atoms with E-state index in [9.17, 15) is 9.59 Å². The number of hydrogen-bond acceptors (Lipinski definition) is 3. The van der Waals surface area contributed by atoms with Crippen LogP contribution in [-0.2, 0) is 16.1 Å². The van der Waals surface area contributed by atoms with E-state index in [1.54, 1.807) is 0 Å². The van der Waals surface area contributed by atoms with Gasteiger partial charge in [-0.2, -0.15) is 0 Å². The number of nitrogens with one attached hydrogen (secondary N) is 3. The van der Waals surface area contributed by atoms with E-state index in [2.05, 4.69) is 16.0 Å². The van der Waals surface area contributed by atoms with Crippen LogP contribution in [-0.4, -0.2) is 48.3 Å². The summed E-state index contributed by atoms with van der Waals surface area (Å²) in [5.74, 6) is 1.01. The van der Waals surface area contributed by atoms with Crippen LogP contribution in [0.4, 0.5) is 5.69 Å². The highest BCUT2D eigenvalue weighted by molar-refractivity contribution is 5.92. The largest absolute Gasteiger partial charge is 0.357 e. The highest BCUT2D eigenvalue weighted by Crippen LogP contribution is 2.15. The lowest BCUT2D eigenvalue weighted by Crippen LogP contribution is -2.45.